The number of pyridine rings is 1. The molecule has 1 aliphatic rings. The number of carbonyl (C=O) groups excluding carboxylic acids is 1. The fourth-order valence-corrected chi connectivity index (χ4v) is 7.03. The lowest BCUT2D eigenvalue weighted by Crippen LogP contribution is -2.44. The number of rotatable bonds is 6. The van der Waals surface area contributed by atoms with E-state index in [4.69, 9.17) is 16.6 Å². The SMILES string of the molecule is Cc1ccc(S(=O)(=O)N2CCC(C(=O)N(Cc3ccccn3)c3nc4ccc(Cl)cc4s3)CC2)cc1. The van der Waals surface area contributed by atoms with E-state index in [2.05, 4.69) is 4.98 Å². The molecular formula is C26H25ClN4O3S2. The fraction of sp³-hybridized carbons (Fsp3) is 0.269. The molecule has 0 bridgehead atoms. The van der Waals surface area contributed by atoms with Crippen molar-refractivity contribution in [3.05, 3.63) is 83.1 Å². The van der Waals surface area contributed by atoms with Gasteiger partial charge in [-0.25, -0.2) is 13.4 Å². The van der Waals surface area contributed by atoms with Crippen LogP contribution in [0.25, 0.3) is 10.2 Å². The van der Waals surface area contributed by atoms with Gasteiger partial charge in [0.25, 0.3) is 0 Å². The average molecular weight is 541 g/mol. The van der Waals surface area contributed by atoms with Gasteiger partial charge in [0.1, 0.15) is 0 Å². The summed E-state index contributed by atoms with van der Waals surface area (Å²) in [5, 5.41) is 1.19. The molecule has 10 heteroatoms. The molecule has 0 saturated carbocycles. The molecule has 1 fully saturated rings. The number of sulfonamides is 1. The highest BCUT2D eigenvalue weighted by molar-refractivity contribution is 7.89. The molecule has 5 rings (SSSR count). The van der Waals surface area contributed by atoms with Crippen LogP contribution >= 0.6 is 22.9 Å². The summed E-state index contributed by atoms with van der Waals surface area (Å²) < 4.78 is 28.6. The Kier molecular flexibility index (Phi) is 7.07. The number of halogens is 1. The van der Waals surface area contributed by atoms with Crippen LogP contribution in [0.1, 0.15) is 24.1 Å². The Bertz CT molecular complexity index is 1480. The molecule has 36 heavy (non-hydrogen) atoms. The Labute approximate surface area is 219 Å². The molecule has 4 aromatic rings. The maximum absolute atomic E-state index is 13.8. The van der Waals surface area contributed by atoms with Gasteiger partial charge in [0.15, 0.2) is 5.13 Å². The van der Waals surface area contributed by atoms with Crippen LogP contribution in [0.4, 0.5) is 5.13 Å². The van der Waals surface area contributed by atoms with Gasteiger partial charge in [0, 0.05) is 30.2 Å². The summed E-state index contributed by atoms with van der Waals surface area (Å²) in [6.45, 7) is 2.79. The van der Waals surface area contributed by atoms with Crippen molar-refractivity contribution in [1.29, 1.82) is 0 Å². The van der Waals surface area contributed by atoms with Crippen LogP contribution in [-0.4, -0.2) is 41.7 Å². The van der Waals surface area contributed by atoms with Crippen LogP contribution in [0.2, 0.25) is 5.02 Å². The first kappa shape index (κ1) is 24.8. The van der Waals surface area contributed by atoms with Crippen molar-refractivity contribution in [3.8, 4) is 0 Å². The second-order valence-corrected chi connectivity index (χ2v) is 12.2. The number of piperidine rings is 1. The monoisotopic (exact) mass is 540 g/mol. The fourth-order valence-electron chi connectivity index (χ4n) is 4.32. The zero-order valence-corrected chi connectivity index (χ0v) is 22.1. The Balaban J connectivity index is 1.37. The molecule has 3 heterocycles. The Morgan fingerprint density at radius 2 is 1.86 bits per heavy atom. The minimum absolute atomic E-state index is 0.0711. The van der Waals surface area contributed by atoms with Gasteiger partial charge < -0.3 is 0 Å². The third kappa shape index (κ3) is 5.15. The van der Waals surface area contributed by atoms with Crippen LogP contribution in [-0.2, 0) is 21.4 Å². The van der Waals surface area contributed by atoms with E-state index in [1.54, 1.807) is 41.4 Å². The summed E-state index contributed by atoms with van der Waals surface area (Å²) in [7, 11) is -3.59. The number of fused-ring (bicyclic) bond motifs is 1. The summed E-state index contributed by atoms with van der Waals surface area (Å²) in [6, 6.07) is 17.9. The van der Waals surface area contributed by atoms with Crippen LogP contribution in [0, 0.1) is 12.8 Å². The lowest BCUT2D eigenvalue weighted by molar-refractivity contribution is -0.123. The van der Waals surface area contributed by atoms with E-state index in [1.807, 2.05) is 37.3 Å². The minimum Gasteiger partial charge on any atom is -0.282 e. The van der Waals surface area contributed by atoms with Crippen molar-refractivity contribution in [2.45, 2.75) is 31.2 Å². The maximum atomic E-state index is 13.8. The summed E-state index contributed by atoms with van der Waals surface area (Å²) in [6.07, 6.45) is 2.59. The topological polar surface area (TPSA) is 83.5 Å². The van der Waals surface area contributed by atoms with Crippen LogP contribution in [0.5, 0.6) is 0 Å². The third-order valence-corrected chi connectivity index (χ3v) is 9.53. The van der Waals surface area contributed by atoms with Crippen LogP contribution in [0.3, 0.4) is 0 Å². The van der Waals surface area contributed by atoms with Crippen LogP contribution in [0.15, 0.2) is 71.8 Å². The molecule has 1 amide bonds. The van der Waals surface area contributed by atoms with E-state index in [9.17, 15) is 13.2 Å². The molecule has 0 atom stereocenters. The third-order valence-electron chi connectivity index (χ3n) is 6.34. The number of aryl methyl sites for hydroxylation is 1. The largest absolute Gasteiger partial charge is 0.282 e. The van der Waals surface area contributed by atoms with E-state index < -0.39 is 10.0 Å². The summed E-state index contributed by atoms with van der Waals surface area (Å²) in [4.78, 5) is 24.8. The molecule has 186 valence electrons. The predicted octanol–water partition coefficient (Wildman–Crippen LogP) is 5.29. The van der Waals surface area contributed by atoms with Gasteiger partial charge in [0.2, 0.25) is 15.9 Å². The van der Waals surface area contributed by atoms with Gasteiger partial charge in [-0.1, -0.05) is 46.7 Å². The zero-order chi connectivity index (χ0) is 25.3. The highest BCUT2D eigenvalue weighted by atomic mass is 35.5. The van der Waals surface area contributed by atoms with Crippen molar-refractivity contribution < 1.29 is 13.2 Å². The molecule has 7 nitrogen and oxygen atoms in total. The molecule has 0 aliphatic carbocycles. The highest BCUT2D eigenvalue weighted by Crippen LogP contribution is 2.34. The molecule has 0 spiro atoms. The standard InChI is InChI=1S/C26H25ClN4O3S2/c1-18-5-8-22(9-6-18)36(33,34)30-14-11-19(12-15-30)25(32)31(17-21-4-2-3-13-28-21)26-29-23-10-7-20(27)16-24(23)35-26/h2-10,13,16,19H,11-12,14-15,17H2,1H3. The van der Waals surface area contributed by atoms with Crippen molar-refractivity contribution in [2.24, 2.45) is 5.92 Å². The number of nitrogens with zero attached hydrogens (tertiary/aromatic N) is 4. The van der Waals surface area contributed by atoms with E-state index >= 15 is 0 Å². The first-order valence-electron chi connectivity index (χ1n) is 11.7. The molecular weight excluding hydrogens is 516 g/mol. The number of hydrogen-bond donors (Lipinski definition) is 0. The molecule has 2 aromatic carbocycles. The molecule has 2 aromatic heterocycles. The van der Waals surface area contributed by atoms with Crippen molar-refractivity contribution >= 4 is 54.2 Å². The van der Waals surface area contributed by atoms with Gasteiger partial charge in [-0.2, -0.15) is 4.31 Å². The summed E-state index contributed by atoms with van der Waals surface area (Å²) >= 11 is 7.57. The normalized spacial score (nSPS) is 15.3. The molecule has 1 saturated heterocycles. The average Bonchev–Trinajstić information content (AvgIpc) is 3.31. The smallest absolute Gasteiger partial charge is 0.243 e. The minimum atomic E-state index is -3.59. The molecule has 0 unspecified atom stereocenters. The van der Waals surface area contributed by atoms with E-state index in [-0.39, 0.29) is 23.3 Å². The van der Waals surface area contributed by atoms with Gasteiger partial charge in [-0.15, -0.1) is 0 Å². The number of hydrogen-bond acceptors (Lipinski definition) is 6. The summed E-state index contributed by atoms with van der Waals surface area (Å²) in [5.74, 6) is -0.382. The van der Waals surface area contributed by atoms with Gasteiger partial charge in [0.05, 0.1) is 27.4 Å². The zero-order valence-electron chi connectivity index (χ0n) is 19.7. The first-order chi connectivity index (χ1) is 17.3. The molecule has 0 radical (unpaired) electrons. The van der Waals surface area contributed by atoms with E-state index in [1.165, 1.54) is 15.6 Å². The number of thiazole rings is 1. The van der Waals surface area contributed by atoms with Crippen LogP contribution < -0.4 is 4.90 Å². The van der Waals surface area contributed by atoms with E-state index in [0.29, 0.717) is 36.1 Å². The van der Waals surface area contributed by atoms with Gasteiger partial charge in [-0.3, -0.25) is 14.7 Å². The van der Waals surface area contributed by atoms with Gasteiger partial charge >= 0.3 is 0 Å². The quantitative estimate of drug-likeness (QED) is 0.332. The number of benzene rings is 2. The van der Waals surface area contributed by atoms with Crippen molar-refractivity contribution in [3.63, 3.8) is 0 Å². The van der Waals surface area contributed by atoms with Crippen molar-refractivity contribution in [2.75, 3.05) is 18.0 Å². The predicted molar refractivity (Wildman–Crippen MR) is 143 cm³/mol. The molecule has 1 aliphatic heterocycles. The Morgan fingerprint density at radius 3 is 2.56 bits per heavy atom. The number of carbonyl (C=O) groups is 1. The maximum Gasteiger partial charge on any atom is 0.243 e. The highest BCUT2D eigenvalue weighted by Gasteiger charge is 2.35. The lowest BCUT2D eigenvalue weighted by Gasteiger charge is -2.33. The number of anilines is 1. The Hall–Kier alpha value is -2.85. The lowest BCUT2D eigenvalue weighted by atomic mass is 9.96. The second-order valence-electron chi connectivity index (χ2n) is 8.85. The number of amides is 1. The first-order valence-corrected chi connectivity index (χ1v) is 14.3. The number of aromatic nitrogens is 2. The Morgan fingerprint density at radius 1 is 1.11 bits per heavy atom. The summed E-state index contributed by atoms with van der Waals surface area (Å²) in [5.41, 5.74) is 2.53. The molecule has 0 N–H and O–H groups in total. The van der Waals surface area contributed by atoms with E-state index in [0.717, 1.165) is 21.5 Å². The second kappa shape index (κ2) is 10.3. The van der Waals surface area contributed by atoms with Crippen molar-refractivity contribution in [1.82, 2.24) is 14.3 Å². The van der Waals surface area contributed by atoms with Gasteiger partial charge in [-0.05, 0) is 62.2 Å².